The minimum absolute atomic E-state index is 0.0315. The average Bonchev–Trinajstić information content (AvgIpc) is 2.60. The minimum atomic E-state index is -3.71. The van der Waals surface area contributed by atoms with Crippen LogP contribution in [0.5, 0.6) is 5.75 Å². The van der Waals surface area contributed by atoms with Crippen molar-refractivity contribution in [2.75, 3.05) is 18.5 Å². The number of carbonyl (C=O) groups excluding carboxylic acids is 1. The van der Waals surface area contributed by atoms with Crippen molar-refractivity contribution in [3.8, 4) is 17.6 Å². The Bertz CT molecular complexity index is 926. The van der Waals surface area contributed by atoms with Gasteiger partial charge in [0.2, 0.25) is 15.9 Å². The van der Waals surface area contributed by atoms with Gasteiger partial charge in [-0.25, -0.2) is 8.42 Å². The number of rotatable bonds is 6. The number of carbonyl (C=O) groups is 1. The summed E-state index contributed by atoms with van der Waals surface area (Å²) in [5.41, 5.74) is 1.39. The van der Waals surface area contributed by atoms with Gasteiger partial charge in [0.1, 0.15) is 10.6 Å². The smallest absolute Gasteiger partial charge is 0.245 e. The lowest BCUT2D eigenvalue weighted by Crippen LogP contribution is -2.24. The molecule has 0 unspecified atom stereocenters. The molecule has 0 saturated carbocycles. The van der Waals surface area contributed by atoms with E-state index >= 15 is 0 Å². The summed E-state index contributed by atoms with van der Waals surface area (Å²) in [5.74, 6) is 5.80. The van der Waals surface area contributed by atoms with Crippen LogP contribution < -0.4 is 14.8 Å². The molecule has 0 heterocycles. The van der Waals surface area contributed by atoms with Crippen molar-refractivity contribution < 1.29 is 17.9 Å². The lowest BCUT2D eigenvalue weighted by molar-refractivity contribution is -0.114. The fraction of sp³-hybridized carbons (Fsp3) is 0.211. The SMILES string of the molecule is CCOc1ccccc1S(=O)(=O)NCC#Cc1ccc(NC(C)=O)cc1. The summed E-state index contributed by atoms with van der Waals surface area (Å²) in [5, 5.41) is 2.66. The molecule has 2 rings (SSSR count). The standard InChI is InChI=1S/C19H20N2O4S/c1-3-25-18-8-4-5-9-19(18)26(23,24)20-14-6-7-16-10-12-17(13-11-16)21-15(2)22/h4-5,8-13,20H,3,14H2,1-2H3,(H,21,22). The largest absolute Gasteiger partial charge is 0.492 e. The summed E-state index contributed by atoms with van der Waals surface area (Å²) in [4.78, 5) is 11.1. The number of anilines is 1. The number of para-hydroxylation sites is 1. The molecule has 2 aromatic carbocycles. The third-order valence-corrected chi connectivity index (χ3v) is 4.67. The molecule has 2 aromatic rings. The fourth-order valence-electron chi connectivity index (χ4n) is 2.14. The second kappa shape index (κ2) is 9.04. The van der Waals surface area contributed by atoms with Crippen LogP contribution in [0.15, 0.2) is 53.4 Å². The minimum Gasteiger partial charge on any atom is -0.492 e. The average molecular weight is 372 g/mol. The molecular weight excluding hydrogens is 352 g/mol. The molecule has 0 aliphatic carbocycles. The predicted molar refractivity (Wildman–Crippen MR) is 100 cm³/mol. The Balaban J connectivity index is 2.01. The van der Waals surface area contributed by atoms with Gasteiger partial charge in [-0.1, -0.05) is 24.0 Å². The molecule has 0 aliphatic rings. The monoisotopic (exact) mass is 372 g/mol. The van der Waals surface area contributed by atoms with Crippen LogP contribution in [0.4, 0.5) is 5.69 Å². The van der Waals surface area contributed by atoms with E-state index in [2.05, 4.69) is 21.9 Å². The van der Waals surface area contributed by atoms with Gasteiger partial charge in [-0.15, -0.1) is 0 Å². The van der Waals surface area contributed by atoms with E-state index in [1.165, 1.54) is 13.0 Å². The Morgan fingerprint density at radius 3 is 2.46 bits per heavy atom. The predicted octanol–water partition coefficient (Wildman–Crippen LogP) is 2.37. The third-order valence-electron chi connectivity index (χ3n) is 3.23. The first-order valence-electron chi connectivity index (χ1n) is 8.00. The van der Waals surface area contributed by atoms with E-state index in [0.29, 0.717) is 23.6 Å². The maximum absolute atomic E-state index is 12.4. The number of amides is 1. The maximum atomic E-state index is 12.4. The Labute approximate surface area is 153 Å². The molecule has 0 fully saturated rings. The van der Waals surface area contributed by atoms with E-state index in [0.717, 1.165) is 0 Å². The van der Waals surface area contributed by atoms with Crippen molar-refractivity contribution in [3.63, 3.8) is 0 Å². The zero-order valence-electron chi connectivity index (χ0n) is 14.6. The van der Waals surface area contributed by atoms with Gasteiger partial charge in [-0.2, -0.15) is 4.72 Å². The van der Waals surface area contributed by atoms with Crippen molar-refractivity contribution in [2.45, 2.75) is 18.7 Å². The normalized spacial score (nSPS) is 10.5. The molecule has 6 nitrogen and oxygen atoms in total. The molecule has 0 aliphatic heterocycles. The van der Waals surface area contributed by atoms with Gasteiger partial charge in [-0.05, 0) is 43.3 Å². The maximum Gasteiger partial charge on any atom is 0.245 e. The molecule has 0 bridgehead atoms. The highest BCUT2D eigenvalue weighted by molar-refractivity contribution is 7.89. The number of hydrogen-bond acceptors (Lipinski definition) is 4. The number of benzene rings is 2. The van der Waals surface area contributed by atoms with Gasteiger partial charge >= 0.3 is 0 Å². The first-order chi connectivity index (χ1) is 12.4. The van der Waals surface area contributed by atoms with Crippen LogP contribution in [-0.2, 0) is 14.8 Å². The molecular formula is C19H20N2O4S. The number of nitrogens with one attached hydrogen (secondary N) is 2. The van der Waals surface area contributed by atoms with Crippen molar-refractivity contribution in [2.24, 2.45) is 0 Å². The van der Waals surface area contributed by atoms with Gasteiger partial charge in [0.15, 0.2) is 0 Å². The van der Waals surface area contributed by atoms with Crippen LogP contribution in [0.3, 0.4) is 0 Å². The van der Waals surface area contributed by atoms with Gasteiger partial charge in [-0.3, -0.25) is 4.79 Å². The zero-order chi connectivity index (χ0) is 19.0. The van der Waals surface area contributed by atoms with E-state index in [9.17, 15) is 13.2 Å². The van der Waals surface area contributed by atoms with Crippen LogP contribution in [0.25, 0.3) is 0 Å². The zero-order valence-corrected chi connectivity index (χ0v) is 15.4. The van der Waals surface area contributed by atoms with Crippen molar-refractivity contribution in [1.82, 2.24) is 4.72 Å². The summed E-state index contributed by atoms with van der Waals surface area (Å²) >= 11 is 0. The van der Waals surface area contributed by atoms with E-state index in [-0.39, 0.29) is 17.3 Å². The quantitative estimate of drug-likeness (QED) is 0.763. The van der Waals surface area contributed by atoms with Gasteiger partial charge < -0.3 is 10.1 Å². The molecule has 2 N–H and O–H groups in total. The summed E-state index contributed by atoms with van der Waals surface area (Å²) in [6.07, 6.45) is 0. The molecule has 0 radical (unpaired) electrons. The highest BCUT2D eigenvalue weighted by atomic mass is 32.2. The summed E-state index contributed by atoms with van der Waals surface area (Å²) < 4.78 is 32.6. The van der Waals surface area contributed by atoms with Crippen LogP contribution in [0, 0.1) is 11.8 Å². The third kappa shape index (κ3) is 5.62. The number of hydrogen-bond donors (Lipinski definition) is 2. The van der Waals surface area contributed by atoms with Crippen molar-refractivity contribution in [3.05, 3.63) is 54.1 Å². The highest BCUT2D eigenvalue weighted by Crippen LogP contribution is 2.22. The Morgan fingerprint density at radius 2 is 1.81 bits per heavy atom. The van der Waals surface area contributed by atoms with E-state index in [1.807, 2.05) is 0 Å². The van der Waals surface area contributed by atoms with Crippen LogP contribution in [0.2, 0.25) is 0 Å². The lowest BCUT2D eigenvalue weighted by atomic mass is 10.2. The Morgan fingerprint density at radius 1 is 1.12 bits per heavy atom. The molecule has 0 saturated heterocycles. The molecule has 26 heavy (non-hydrogen) atoms. The summed E-state index contributed by atoms with van der Waals surface area (Å²) in [7, 11) is -3.71. The van der Waals surface area contributed by atoms with Crippen LogP contribution in [0.1, 0.15) is 19.4 Å². The highest BCUT2D eigenvalue weighted by Gasteiger charge is 2.18. The number of ether oxygens (including phenoxy) is 1. The molecule has 1 amide bonds. The molecule has 0 spiro atoms. The van der Waals surface area contributed by atoms with Crippen LogP contribution >= 0.6 is 0 Å². The molecule has 0 aromatic heterocycles. The van der Waals surface area contributed by atoms with E-state index < -0.39 is 10.0 Å². The second-order valence-corrected chi connectivity index (χ2v) is 7.00. The first-order valence-corrected chi connectivity index (χ1v) is 9.48. The Hall–Kier alpha value is -2.82. The topological polar surface area (TPSA) is 84.5 Å². The molecule has 7 heteroatoms. The van der Waals surface area contributed by atoms with Gasteiger partial charge in [0.05, 0.1) is 13.2 Å². The second-order valence-electron chi connectivity index (χ2n) is 5.26. The summed E-state index contributed by atoms with van der Waals surface area (Å²) in [6.45, 7) is 3.57. The van der Waals surface area contributed by atoms with Crippen molar-refractivity contribution >= 4 is 21.6 Å². The lowest BCUT2D eigenvalue weighted by Gasteiger charge is -2.10. The van der Waals surface area contributed by atoms with Gasteiger partial charge in [0.25, 0.3) is 0 Å². The Kier molecular flexibility index (Phi) is 6.78. The molecule has 0 atom stereocenters. The van der Waals surface area contributed by atoms with Gasteiger partial charge in [0, 0.05) is 18.2 Å². The van der Waals surface area contributed by atoms with E-state index in [4.69, 9.17) is 4.74 Å². The van der Waals surface area contributed by atoms with Crippen LogP contribution in [-0.4, -0.2) is 27.5 Å². The molecule has 136 valence electrons. The first kappa shape index (κ1) is 19.5. The number of sulfonamides is 1. The fourth-order valence-corrected chi connectivity index (χ4v) is 3.21. The van der Waals surface area contributed by atoms with Crippen molar-refractivity contribution in [1.29, 1.82) is 0 Å². The van der Waals surface area contributed by atoms with E-state index in [1.54, 1.807) is 49.4 Å². The summed E-state index contributed by atoms with van der Waals surface area (Å²) in [6, 6.07) is 13.4.